The number of hydrogen-bond donors (Lipinski definition) is 1. The van der Waals surface area contributed by atoms with Crippen molar-refractivity contribution >= 4 is 17.3 Å². The molecule has 3 rings (SSSR count). The molecule has 2 aromatic rings. The minimum absolute atomic E-state index is 0.257. The van der Waals surface area contributed by atoms with Gasteiger partial charge in [-0.25, -0.2) is 4.68 Å². The molecule has 0 aliphatic carbocycles. The predicted molar refractivity (Wildman–Crippen MR) is 80.8 cm³/mol. The molecule has 2 heterocycles. The standard InChI is InChI=1S/C14H18ClN5O/c1-9-5-11(6-10(2)21-9)17-14-7-12(3-4-13(14)15)20-8-16-18-19-20/h3-4,7-11,17H,5-6H2,1-2H3. The predicted octanol–water partition coefficient (Wildman–Crippen LogP) is 2.68. The van der Waals surface area contributed by atoms with Gasteiger partial charge >= 0.3 is 0 Å². The first-order valence-corrected chi connectivity index (χ1v) is 7.44. The lowest BCUT2D eigenvalue weighted by Gasteiger charge is -2.33. The van der Waals surface area contributed by atoms with E-state index in [4.69, 9.17) is 16.3 Å². The fourth-order valence-corrected chi connectivity index (χ4v) is 2.96. The van der Waals surface area contributed by atoms with Gasteiger partial charge in [-0.05, 0) is 55.3 Å². The summed E-state index contributed by atoms with van der Waals surface area (Å²) >= 11 is 6.29. The van der Waals surface area contributed by atoms with E-state index in [2.05, 4.69) is 34.7 Å². The van der Waals surface area contributed by atoms with E-state index in [1.54, 1.807) is 11.0 Å². The van der Waals surface area contributed by atoms with Crippen LogP contribution in [0.5, 0.6) is 0 Å². The molecule has 1 aliphatic rings. The number of anilines is 1. The van der Waals surface area contributed by atoms with Crippen molar-refractivity contribution in [2.75, 3.05) is 5.32 Å². The number of nitrogens with one attached hydrogen (secondary N) is 1. The van der Waals surface area contributed by atoms with E-state index in [0.29, 0.717) is 11.1 Å². The Morgan fingerprint density at radius 2 is 2.05 bits per heavy atom. The summed E-state index contributed by atoms with van der Waals surface area (Å²) in [5.74, 6) is 0. The van der Waals surface area contributed by atoms with Crippen molar-refractivity contribution in [1.29, 1.82) is 0 Å². The third-order valence-electron chi connectivity index (χ3n) is 3.62. The Kier molecular flexibility index (Phi) is 4.07. The van der Waals surface area contributed by atoms with Gasteiger partial charge in [0.1, 0.15) is 6.33 Å². The van der Waals surface area contributed by atoms with E-state index in [9.17, 15) is 0 Å². The number of benzene rings is 1. The molecular formula is C14H18ClN5O. The van der Waals surface area contributed by atoms with Gasteiger partial charge in [0.2, 0.25) is 0 Å². The molecule has 1 fully saturated rings. The van der Waals surface area contributed by atoms with E-state index in [1.807, 2.05) is 18.2 Å². The van der Waals surface area contributed by atoms with Gasteiger partial charge in [0.05, 0.1) is 28.6 Å². The highest BCUT2D eigenvalue weighted by Gasteiger charge is 2.24. The van der Waals surface area contributed by atoms with Gasteiger partial charge in [-0.3, -0.25) is 0 Å². The van der Waals surface area contributed by atoms with Gasteiger partial charge < -0.3 is 10.1 Å². The van der Waals surface area contributed by atoms with E-state index in [-0.39, 0.29) is 12.2 Å². The van der Waals surface area contributed by atoms with Gasteiger partial charge in [-0.2, -0.15) is 0 Å². The number of halogens is 1. The summed E-state index contributed by atoms with van der Waals surface area (Å²) in [6.45, 7) is 4.20. The van der Waals surface area contributed by atoms with Crippen LogP contribution in [0.15, 0.2) is 24.5 Å². The summed E-state index contributed by atoms with van der Waals surface area (Å²) in [6, 6.07) is 6.06. The van der Waals surface area contributed by atoms with Crippen LogP contribution in [-0.2, 0) is 4.74 Å². The second-order valence-corrected chi connectivity index (χ2v) is 5.90. The second kappa shape index (κ2) is 5.99. The number of nitrogens with zero attached hydrogens (tertiary/aromatic N) is 4. The smallest absolute Gasteiger partial charge is 0.143 e. The molecule has 112 valence electrons. The molecule has 7 heteroatoms. The lowest BCUT2D eigenvalue weighted by molar-refractivity contribution is -0.0337. The van der Waals surface area contributed by atoms with Gasteiger partial charge in [0, 0.05) is 6.04 Å². The quantitative estimate of drug-likeness (QED) is 0.944. The topological polar surface area (TPSA) is 64.9 Å². The Morgan fingerprint density at radius 3 is 2.71 bits per heavy atom. The van der Waals surface area contributed by atoms with Crippen molar-refractivity contribution in [3.05, 3.63) is 29.5 Å². The molecule has 1 N–H and O–H groups in total. The van der Waals surface area contributed by atoms with Crippen molar-refractivity contribution in [2.45, 2.75) is 44.9 Å². The molecule has 0 spiro atoms. The second-order valence-electron chi connectivity index (χ2n) is 5.49. The summed E-state index contributed by atoms with van der Waals surface area (Å²) in [5, 5.41) is 15.4. The molecule has 0 saturated carbocycles. The van der Waals surface area contributed by atoms with Crippen LogP contribution in [0.4, 0.5) is 5.69 Å². The third kappa shape index (κ3) is 3.33. The number of aromatic nitrogens is 4. The molecule has 2 unspecified atom stereocenters. The Bertz CT molecular complexity index is 593. The van der Waals surface area contributed by atoms with E-state index < -0.39 is 0 Å². The van der Waals surface area contributed by atoms with E-state index in [0.717, 1.165) is 24.2 Å². The first-order chi connectivity index (χ1) is 10.1. The highest BCUT2D eigenvalue weighted by molar-refractivity contribution is 6.33. The van der Waals surface area contributed by atoms with Crippen molar-refractivity contribution in [1.82, 2.24) is 20.2 Å². The molecule has 0 radical (unpaired) electrons. The Labute approximate surface area is 128 Å². The maximum atomic E-state index is 6.29. The molecule has 0 amide bonds. The largest absolute Gasteiger partial charge is 0.381 e. The normalized spacial score (nSPS) is 25.8. The Hall–Kier alpha value is -1.66. The summed E-state index contributed by atoms with van der Waals surface area (Å²) < 4.78 is 7.37. The molecular weight excluding hydrogens is 290 g/mol. The number of hydrogen-bond acceptors (Lipinski definition) is 5. The lowest BCUT2D eigenvalue weighted by Crippen LogP contribution is -2.36. The summed E-state index contributed by atoms with van der Waals surface area (Å²) in [4.78, 5) is 0. The number of tetrazole rings is 1. The zero-order chi connectivity index (χ0) is 14.8. The molecule has 21 heavy (non-hydrogen) atoms. The van der Waals surface area contributed by atoms with Crippen LogP contribution in [0.3, 0.4) is 0 Å². The summed E-state index contributed by atoms with van der Waals surface area (Å²) in [6.07, 6.45) is 4.01. The minimum atomic E-state index is 0.257. The SMILES string of the molecule is CC1CC(Nc2cc(-n3cnnn3)ccc2Cl)CC(C)O1. The number of ether oxygens (including phenoxy) is 1. The van der Waals surface area contributed by atoms with Crippen molar-refractivity contribution in [3.63, 3.8) is 0 Å². The van der Waals surface area contributed by atoms with Gasteiger partial charge in [0.15, 0.2) is 0 Å². The molecule has 0 bridgehead atoms. The average molecular weight is 308 g/mol. The fourth-order valence-electron chi connectivity index (χ4n) is 2.79. The third-order valence-corrected chi connectivity index (χ3v) is 3.95. The van der Waals surface area contributed by atoms with Crippen LogP contribution in [0, 0.1) is 0 Å². The first-order valence-electron chi connectivity index (χ1n) is 7.06. The minimum Gasteiger partial charge on any atom is -0.381 e. The van der Waals surface area contributed by atoms with Crippen LogP contribution < -0.4 is 5.32 Å². The highest BCUT2D eigenvalue weighted by Crippen LogP contribution is 2.28. The summed E-state index contributed by atoms with van der Waals surface area (Å²) in [7, 11) is 0. The van der Waals surface area contributed by atoms with Gasteiger partial charge in [-0.15, -0.1) is 5.10 Å². The Balaban J connectivity index is 1.80. The molecule has 1 aromatic carbocycles. The van der Waals surface area contributed by atoms with Crippen molar-refractivity contribution < 1.29 is 4.74 Å². The lowest BCUT2D eigenvalue weighted by atomic mass is 9.99. The first kappa shape index (κ1) is 14.3. The molecule has 1 saturated heterocycles. The van der Waals surface area contributed by atoms with Crippen molar-refractivity contribution in [2.24, 2.45) is 0 Å². The van der Waals surface area contributed by atoms with Crippen molar-refractivity contribution in [3.8, 4) is 5.69 Å². The molecule has 2 atom stereocenters. The van der Waals surface area contributed by atoms with Crippen LogP contribution in [-0.4, -0.2) is 38.5 Å². The zero-order valence-electron chi connectivity index (χ0n) is 12.0. The molecule has 1 aliphatic heterocycles. The zero-order valence-corrected chi connectivity index (χ0v) is 12.8. The van der Waals surface area contributed by atoms with E-state index in [1.165, 1.54) is 0 Å². The summed E-state index contributed by atoms with van der Waals surface area (Å²) in [5.41, 5.74) is 1.77. The van der Waals surface area contributed by atoms with Crippen LogP contribution in [0.2, 0.25) is 5.02 Å². The van der Waals surface area contributed by atoms with Gasteiger partial charge in [0.25, 0.3) is 0 Å². The maximum absolute atomic E-state index is 6.29. The molecule has 6 nitrogen and oxygen atoms in total. The van der Waals surface area contributed by atoms with Crippen LogP contribution >= 0.6 is 11.6 Å². The monoisotopic (exact) mass is 307 g/mol. The fraction of sp³-hybridized carbons (Fsp3) is 0.500. The number of rotatable bonds is 3. The van der Waals surface area contributed by atoms with Crippen LogP contribution in [0.25, 0.3) is 5.69 Å². The van der Waals surface area contributed by atoms with E-state index >= 15 is 0 Å². The molecule has 1 aromatic heterocycles. The maximum Gasteiger partial charge on any atom is 0.143 e. The Morgan fingerprint density at radius 1 is 1.29 bits per heavy atom. The average Bonchev–Trinajstić information content (AvgIpc) is 2.94. The van der Waals surface area contributed by atoms with Crippen LogP contribution in [0.1, 0.15) is 26.7 Å². The van der Waals surface area contributed by atoms with Gasteiger partial charge in [-0.1, -0.05) is 11.6 Å². The highest BCUT2D eigenvalue weighted by atomic mass is 35.5.